The van der Waals surface area contributed by atoms with Crippen LogP contribution in [-0.2, 0) is 19.4 Å². The highest BCUT2D eigenvalue weighted by molar-refractivity contribution is 7.91. The van der Waals surface area contributed by atoms with Crippen molar-refractivity contribution in [3.05, 3.63) is 41.6 Å². The first-order valence-corrected chi connectivity index (χ1v) is 12.7. The molecule has 11 heteroatoms. The molecule has 33 heavy (non-hydrogen) atoms. The largest absolute Gasteiger partial charge is 0.309 e. The predicted molar refractivity (Wildman–Crippen MR) is 121 cm³/mol. The van der Waals surface area contributed by atoms with Gasteiger partial charge in [-0.1, -0.05) is 12.1 Å². The van der Waals surface area contributed by atoms with Gasteiger partial charge in [0.15, 0.2) is 9.84 Å². The van der Waals surface area contributed by atoms with Gasteiger partial charge in [-0.05, 0) is 38.8 Å². The number of nitrogens with one attached hydrogen (secondary N) is 1. The molecule has 0 bridgehead atoms. The van der Waals surface area contributed by atoms with Gasteiger partial charge in [-0.15, -0.1) is 0 Å². The number of nitrogens with zero attached hydrogens (tertiary/aromatic N) is 4. The normalized spacial score (nSPS) is 25.8. The molecule has 3 aliphatic rings. The van der Waals surface area contributed by atoms with Gasteiger partial charge in [-0.2, -0.15) is 5.10 Å². The number of para-hydroxylation sites is 1. The van der Waals surface area contributed by atoms with Crippen LogP contribution in [-0.4, -0.2) is 64.5 Å². The van der Waals surface area contributed by atoms with Gasteiger partial charge in [-0.3, -0.25) is 19.3 Å². The van der Waals surface area contributed by atoms with Gasteiger partial charge in [0.1, 0.15) is 18.0 Å². The second kappa shape index (κ2) is 7.41. The molecular formula is C22H25N5O5S. The fourth-order valence-corrected chi connectivity index (χ4v) is 6.82. The number of amides is 3. The summed E-state index contributed by atoms with van der Waals surface area (Å²) in [6.45, 7) is 3.32. The van der Waals surface area contributed by atoms with Gasteiger partial charge in [0, 0.05) is 12.5 Å². The van der Waals surface area contributed by atoms with Crippen molar-refractivity contribution in [2.75, 3.05) is 28.3 Å². The van der Waals surface area contributed by atoms with Gasteiger partial charge >= 0.3 is 0 Å². The minimum Gasteiger partial charge on any atom is -0.309 e. The second-order valence-electron chi connectivity index (χ2n) is 9.08. The average molecular weight is 472 g/mol. The number of aromatic nitrogens is 2. The Morgan fingerprint density at radius 3 is 2.76 bits per heavy atom. The molecule has 1 aromatic carbocycles. The minimum absolute atomic E-state index is 0.0203. The van der Waals surface area contributed by atoms with Crippen LogP contribution in [0.15, 0.2) is 30.3 Å². The topological polar surface area (TPSA) is 122 Å². The van der Waals surface area contributed by atoms with Gasteiger partial charge in [0.25, 0.3) is 5.91 Å². The Hall–Kier alpha value is -3.21. The molecule has 5 rings (SSSR count). The molecule has 1 N–H and O–H groups in total. The van der Waals surface area contributed by atoms with Gasteiger partial charge < -0.3 is 10.2 Å². The van der Waals surface area contributed by atoms with Crippen LogP contribution >= 0.6 is 0 Å². The van der Waals surface area contributed by atoms with Gasteiger partial charge in [0.05, 0.1) is 34.5 Å². The molecular weight excluding hydrogens is 446 g/mol. The zero-order chi connectivity index (χ0) is 23.5. The molecule has 0 saturated carbocycles. The first-order valence-electron chi connectivity index (χ1n) is 10.9. The molecule has 4 heterocycles. The Balaban J connectivity index is 1.41. The molecule has 1 aromatic heterocycles. The summed E-state index contributed by atoms with van der Waals surface area (Å²) in [6, 6.07) is 8.27. The number of carbonyl (C=O) groups is 3. The average Bonchev–Trinajstić information content (AvgIpc) is 3.40. The molecule has 0 aliphatic carbocycles. The number of fused-ring (bicyclic) bond motifs is 3. The van der Waals surface area contributed by atoms with Crippen LogP contribution in [0, 0.1) is 6.92 Å². The SMILES string of the molecule is Cc1cc(NC(=O)CN2C(=O)c3ccccc3N3C(=O)CCC23C)n(C2CCS(=O)(=O)C2)n1. The maximum atomic E-state index is 13.3. The highest BCUT2D eigenvalue weighted by atomic mass is 32.2. The molecule has 0 radical (unpaired) electrons. The first-order chi connectivity index (χ1) is 15.6. The molecule has 2 fully saturated rings. The number of anilines is 2. The lowest BCUT2D eigenvalue weighted by Gasteiger charge is -2.48. The molecule has 0 spiro atoms. The number of rotatable bonds is 4. The van der Waals surface area contributed by atoms with E-state index in [4.69, 9.17) is 0 Å². The Kier molecular flexibility index (Phi) is 4.85. The summed E-state index contributed by atoms with van der Waals surface area (Å²) < 4.78 is 25.4. The number of carbonyl (C=O) groups excluding carboxylic acids is 3. The van der Waals surface area contributed by atoms with Crippen LogP contribution in [0.2, 0.25) is 0 Å². The van der Waals surface area contributed by atoms with E-state index in [0.717, 1.165) is 0 Å². The predicted octanol–water partition coefficient (Wildman–Crippen LogP) is 1.49. The monoisotopic (exact) mass is 471 g/mol. The number of hydrogen-bond acceptors (Lipinski definition) is 6. The number of benzene rings is 1. The zero-order valence-corrected chi connectivity index (χ0v) is 19.3. The standard InChI is InChI=1S/C22H25N5O5S/c1-14-11-18(27(24-14)15-8-10-33(31,32)13-15)23-19(28)12-25-21(30)16-5-3-4-6-17(16)26-20(29)7-9-22(25,26)2/h3-6,11,15H,7-10,12-13H2,1-2H3,(H,23,28). The second-order valence-corrected chi connectivity index (χ2v) is 11.3. The van der Waals surface area contributed by atoms with E-state index < -0.39 is 21.4 Å². The maximum absolute atomic E-state index is 13.3. The van der Waals surface area contributed by atoms with Crippen molar-refractivity contribution < 1.29 is 22.8 Å². The summed E-state index contributed by atoms with van der Waals surface area (Å²) in [5.74, 6) is -0.361. The quantitative estimate of drug-likeness (QED) is 0.721. The molecule has 3 aliphatic heterocycles. The summed E-state index contributed by atoms with van der Waals surface area (Å²) in [6.07, 6.45) is 1.15. The van der Waals surface area contributed by atoms with Crippen molar-refractivity contribution >= 4 is 39.1 Å². The van der Waals surface area contributed by atoms with Crippen LogP contribution in [0.4, 0.5) is 11.5 Å². The van der Waals surface area contributed by atoms with E-state index >= 15 is 0 Å². The molecule has 10 nitrogen and oxygen atoms in total. The maximum Gasteiger partial charge on any atom is 0.258 e. The number of hydrogen-bond donors (Lipinski definition) is 1. The van der Waals surface area contributed by atoms with E-state index in [1.165, 1.54) is 4.90 Å². The lowest BCUT2D eigenvalue weighted by atomic mass is 9.98. The van der Waals surface area contributed by atoms with Crippen LogP contribution in [0.1, 0.15) is 48.3 Å². The van der Waals surface area contributed by atoms with Crippen molar-refractivity contribution in [1.82, 2.24) is 14.7 Å². The van der Waals surface area contributed by atoms with Crippen LogP contribution in [0.3, 0.4) is 0 Å². The Morgan fingerprint density at radius 1 is 1.27 bits per heavy atom. The van der Waals surface area contributed by atoms with E-state index in [2.05, 4.69) is 10.4 Å². The van der Waals surface area contributed by atoms with Crippen LogP contribution < -0.4 is 10.2 Å². The Labute approximate surface area is 191 Å². The van der Waals surface area contributed by atoms with Crippen molar-refractivity contribution in [3.8, 4) is 0 Å². The summed E-state index contributed by atoms with van der Waals surface area (Å²) in [7, 11) is -3.13. The molecule has 2 unspecified atom stereocenters. The van der Waals surface area contributed by atoms with Crippen molar-refractivity contribution in [1.29, 1.82) is 0 Å². The van der Waals surface area contributed by atoms with E-state index in [1.807, 2.05) is 0 Å². The fourth-order valence-electron chi connectivity index (χ4n) is 5.12. The molecule has 3 amide bonds. The highest BCUT2D eigenvalue weighted by Gasteiger charge is 2.53. The van der Waals surface area contributed by atoms with E-state index in [0.29, 0.717) is 42.0 Å². The van der Waals surface area contributed by atoms with Crippen molar-refractivity contribution in [3.63, 3.8) is 0 Å². The first kappa shape index (κ1) is 21.6. The van der Waals surface area contributed by atoms with E-state index in [-0.39, 0.29) is 35.9 Å². The van der Waals surface area contributed by atoms with E-state index in [1.54, 1.807) is 53.8 Å². The summed E-state index contributed by atoms with van der Waals surface area (Å²) in [4.78, 5) is 42.2. The summed E-state index contributed by atoms with van der Waals surface area (Å²) >= 11 is 0. The zero-order valence-electron chi connectivity index (χ0n) is 18.4. The third kappa shape index (κ3) is 3.50. The fraction of sp³-hybridized carbons (Fsp3) is 0.455. The number of sulfone groups is 1. The lowest BCUT2D eigenvalue weighted by Crippen LogP contribution is -2.63. The Morgan fingerprint density at radius 2 is 2.03 bits per heavy atom. The highest BCUT2D eigenvalue weighted by Crippen LogP contribution is 2.43. The molecule has 2 atom stereocenters. The smallest absolute Gasteiger partial charge is 0.258 e. The van der Waals surface area contributed by atoms with Crippen molar-refractivity contribution in [2.45, 2.75) is 44.8 Å². The van der Waals surface area contributed by atoms with E-state index in [9.17, 15) is 22.8 Å². The van der Waals surface area contributed by atoms with Gasteiger partial charge in [0.2, 0.25) is 11.8 Å². The summed E-state index contributed by atoms with van der Waals surface area (Å²) in [5, 5.41) is 7.19. The minimum atomic E-state index is -3.13. The third-order valence-electron chi connectivity index (χ3n) is 6.73. The molecule has 2 saturated heterocycles. The van der Waals surface area contributed by atoms with Crippen LogP contribution in [0.5, 0.6) is 0 Å². The third-order valence-corrected chi connectivity index (χ3v) is 8.48. The molecule has 2 aromatic rings. The molecule has 174 valence electrons. The van der Waals surface area contributed by atoms with Crippen LogP contribution in [0.25, 0.3) is 0 Å². The summed E-state index contributed by atoms with van der Waals surface area (Å²) in [5.41, 5.74) is 0.669. The van der Waals surface area contributed by atoms with Gasteiger partial charge in [-0.25, -0.2) is 13.1 Å². The lowest BCUT2D eigenvalue weighted by molar-refractivity contribution is -0.120. The number of aryl methyl sites for hydroxylation is 1. The Bertz CT molecular complexity index is 1290. The van der Waals surface area contributed by atoms with Crippen molar-refractivity contribution in [2.24, 2.45) is 0 Å².